The number of aromatic carboxylic acids is 1. The fraction of sp³-hybridized carbons (Fsp3) is 0.250. The normalized spacial score (nSPS) is 10.6. The van der Waals surface area contributed by atoms with Gasteiger partial charge in [0.15, 0.2) is 0 Å². The molecule has 86 valence electrons. The van der Waals surface area contributed by atoms with Crippen molar-refractivity contribution in [3.8, 4) is 0 Å². The standard InChI is InChI=1S/C12H14BrNO2/c1-2-3-4-8-14-10-7-5-6-9(13)11(10)12(15)16/h2-3,5-7,14H,4,8H2,1H3,(H,15,16)/b3-2+. The third kappa shape index (κ3) is 3.38. The molecule has 0 saturated carbocycles. The van der Waals surface area contributed by atoms with Crippen LogP contribution in [0.5, 0.6) is 0 Å². The van der Waals surface area contributed by atoms with E-state index in [1.54, 1.807) is 12.1 Å². The van der Waals surface area contributed by atoms with Gasteiger partial charge in [-0.15, -0.1) is 0 Å². The van der Waals surface area contributed by atoms with E-state index in [9.17, 15) is 4.79 Å². The quantitative estimate of drug-likeness (QED) is 0.642. The van der Waals surface area contributed by atoms with E-state index in [-0.39, 0.29) is 5.56 Å². The first kappa shape index (κ1) is 12.8. The lowest BCUT2D eigenvalue weighted by molar-refractivity contribution is 0.0697. The molecular formula is C12H14BrNO2. The van der Waals surface area contributed by atoms with Crippen LogP contribution < -0.4 is 5.32 Å². The van der Waals surface area contributed by atoms with Crippen LogP contribution in [0, 0.1) is 0 Å². The van der Waals surface area contributed by atoms with E-state index >= 15 is 0 Å². The fourth-order valence-corrected chi connectivity index (χ4v) is 1.88. The molecule has 0 aliphatic rings. The molecule has 1 aromatic carbocycles. The number of benzene rings is 1. The van der Waals surface area contributed by atoms with E-state index < -0.39 is 5.97 Å². The van der Waals surface area contributed by atoms with Crippen LogP contribution >= 0.6 is 15.9 Å². The van der Waals surface area contributed by atoms with E-state index in [0.29, 0.717) is 10.2 Å². The first-order valence-corrected chi connectivity index (χ1v) is 5.83. The minimum Gasteiger partial charge on any atom is -0.478 e. The van der Waals surface area contributed by atoms with Crippen molar-refractivity contribution in [1.29, 1.82) is 0 Å². The highest BCUT2D eigenvalue weighted by molar-refractivity contribution is 9.10. The van der Waals surface area contributed by atoms with Gasteiger partial charge in [0.05, 0.1) is 5.56 Å². The predicted octanol–water partition coefficient (Wildman–Crippen LogP) is 3.53. The van der Waals surface area contributed by atoms with E-state index in [1.165, 1.54) is 0 Å². The van der Waals surface area contributed by atoms with Crippen molar-refractivity contribution in [2.24, 2.45) is 0 Å². The third-order valence-electron chi connectivity index (χ3n) is 2.09. The number of halogens is 1. The van der Waals surface area contributed by atoms with Gasteiger partial charge in [0.2, 0.25) is 0 Å². The van der Waals surface area contributed by atoms with Crippen molar-refractivity contribution < 1.29 is 9.90 Å². The minimum atomic E-state index is -0.930. The SMILES string of the molecule is C/C=C/CCNc1cccc(Br)c1C(=O)O. The lowest BCUT2D eigenvalue weighted by Crippen LogP contribution is -2.07. The van der Waals surface area contributed by atoms with Crippen molar-refractivity contribution in [2.45, 2.75) is 13.3 Å². The largest absolute Gasteiger partial charge is 0.478 e. The van der Waals surface area contributed by atoms with Gasteiger partial charge >= 0.3 is 5.97 Å². The Morgan fingerprint density at radius 2 is 2.31 bits per heavy atom. The molecule has 1 aromatic rings. The second-order valence-corrected chi connectivity index (χ2v) is 4.11. The summed E-state index contributed by atoms with van der Waals surface area (Å²) in [6.07, 6.45) is 4.88. The number of hydrogen-bond donors (Lipinski definition) is 2. The van der Waals surface area contributed by atoms with E-state index in [1.807, 2.05) is 25.1 Å². The van der Waals surface area contributed by atoms with Gasteiger partial charge in [-0.2, -0.15) is 0 Å². The summed E-state index contributed by atoms with van der Waals surface area (Å²) in [5, 5.41) is 12.2. The fourth-order valence-electron chi connectivity index (χ4n) is 1.35. The molecule has 0 spiro atoms. The van der Waals surface area contributed by atoms with Gasteiger partial charge in [-0.1, -0.05) is 18.2 Å². The number of carboxylic acids is 1. The average Bonchev–Trinajstić information content (AvgIpc) is 2.24. The first-order chi connectivity index (χ1) is 7.66. The molecule has 0 saturated heterocycles. The predicted molar refractivity (Wildman–Crippen MR) is 69.0 cm³/mol. The molecule has 0 unspecified atom stereocenters. The molecule has 4 heteroatoms. The van der Waals surface area contributed by atoms with Crippen LogP contribution in [0.25, 0.3) is 0 Å². The molecule has 0 fully saturated rings. The smallest absolute Gasteiger partial charge is 0.338 e. The Morgan fingerprint density at radius 1 is 1.56 bits per heavy atom. The van der Waals surface area contributed by atoms with Gasteiger partial charge in [0.1, 0.15) is 0 Å². The minimum absolute atomic E-state index is 0.281. The van der Waals surface area contributed by atoms with Crippen molar-refractivity contribution in [2.75, 3.05) is 11.9 Å². The van der Waals surface area contributed by atoms with Gasteiger partial charge in [-0.3, -0.25) is 0 Å². The lowest BCUT2D eigenvalue weighted by Gasteiger charge is -2.09. The summed E-state index contributed by atoms with van der Waals surface area (Å²) in [7, 11) is 0. The highest BCUT2D eigenvalue weighted by Gasteiger charge is 2.12. The summed E-state index contributed by atoms with van der Waals surface area (Å²) in [4.78, 5) is 11.0. The Balaban J connectivity index is 2.79. The lowest BCUT2D eigenvalue weighted by atomic mass is 10.2. The van der Waals surface area contributed by atoms with Crippen molar-refractivity contribution in [3.05, 3.63) is 40.4 Å². The molecule has 0 amide bonds. The van der Waals surface area contributed by atoms with E-state index in [0.717, 1.165) is 13.0 Å². The molecule has 16 heavy (non-hydrogen) atoms. The molecular weight excluding hydrogens is 270 g/mol. The highest BCUT2D eigenvalue weighted by Crippen LogP contribution is 2.24. The van der Waals surface area contributed by atoms with Crippen LogP contribution in [0.3, 0.4) is 0 Å². The van der Waals surface area contributed by atoms with Crippen LogP contribution in [0.15, 0.2) is 34.8 Å². The molecule has 0 heterocycles. The Morgan fingerprint density at radius 3 is 2.94 bits per heavy atom. The van der Waals surface area contributed by atoms with Crippen molar-refractivity contribution in [1.82, 2.24) is 0 Å². The zero-order chi connectivity index (χ0) is 12.0. The molecule has 0 aliphatic heterocycles. The van der Waals surface area contributed by atoms with Gasteiger partial charge in [-0.05, 0) is 41.4 Å². The maximum absolute atomic E-state index is 11.0. The Kier molecular flexibility index (Phi) is 5.05. The Bertz CT molecular complexity index is 402. The molecule has 0 aromatic heterocycles. The second-order valence-electron chi connectivity index (χ2n) is 3.25. The summed E-state index contributed by atoms with van der Waals surface area (Å²) < 4.78 is 0.594. The average molecular weight is 284 g/mol. The summed E-state index contributed by atoms with van der Waals surface area (Å²) in [6.45, 7) is 2.68. The van der Waals surface area contributed by atoms with Crippen molar-refractivity contribution >= 4 is 27.6 Å². The summed E-state index contributed by atoms with van der Waals surface area (Å²) >= 11 is 3.24. The number of carboxylic acid groups (broad SMARTS) is 1. The number of rotatable bonds is 5. The number of hydrogen-bond acceptors (Lipinski definition) is 2. The van der Waals surface area contributed by atoms with Crippen LogP contribution in [0.1, 0.15) is 23.7 Å². The molecule has 1 rings (SSSR count). The van der Waals surface area contributed by atoms with Crippen LogP contribution in [-0.4, -0.2) is 17.6 Å². The summed E-state index contributed by atoms with van der Waals surface area (Å²) in [5.41, 5.74) is 0.925. The molecule has 0 radical (unpaired) electrons. The maximum Gasteiger partial charge on any atom is 0.338 e. The first-order valence-electron chi connectivity index (χ1n) is 5.03. The number of carbonyl (C=O) groups is 1. The second kappa shape index (κ2) is 6.33. The van der Waals surface area contributed by atoms with E-state index in [2.05, 4.69) is 21.2 Å². The molecule has 0 bridgehead atoms. The number of nitrogens with one attached hydrogen (secondary N) is 1. The van der Waals surface area contributed by atoms with Gasteiger partial charge in [0, 0.05) is 16.7 Å². The highest BCUT2D eigenvalue weighted by atomic mass is 79.9. The van der Waals surface area contributed by atoms with Crippen molar-refractivity contribution in [3.63, 3.8) is 0 Å². The molecule has 0 aliphatic carbocycles. The van der Waals surface area contributed by atoms with Crippen LogP contribution in [0.2, 0.25) is 0 Å². The number of anilines is 1. The monoisotopic (exact) mass is 283 g/mol. The van der Waals surface area contributed by atoms with E-state index in [4.69, 9.17) is 5.11 Å². The van der Waals surface area contributed by atoms with Gasteiger partial charge < -0.3 is 10.4 Å². The topological polar surface area (TPSA) is 49.3 Å². The zero-order valence-corrected chi connectivity index (χ0v) is 10.6. The number of allylic oxidation sites excluding steroid dienone is 1. The molecule has 0 atom stereocenters. The Labute approximate surface area is 103 Å². The molecule has 3 nitrogen and oxygen atoms in total. The summed E-state index contributed by atoms with van der Waals surface area (Å²) in [6, 6.07) is 5.30. The van der Waals surface area contributed by atoms with Gasteiger partial charge in [-0.25, -0.2) is 4.79 Å². The molecule has 2 N–H and O–H groups in total. The third-order valence-corrected chi connectivity index (χ3v) is 2.75. The summed E-state index contributed by atoms with van der Waals surface area (Å²) in [5.74, 6) is -0.930. The van der Waals surface area contributed by atoms with Crippen LogP contribution in [-0.2, 0) is 0 Å². The zero-order valence-electron chi connectivity index (χ0n) is 9.03. The van der Waals surface area contributed by atoms with Crippen LogP contribution in [0.4, 0.5) is 5.69 Å². The van der Waals surface area contributed by atoms with Gasteiger partial charge in [0.25, 0.3) is 0 Å². The Hall–Kier alpha value is -1.29. The maximum atomic E-state index is 11.0.